The Morgan fingerprint density at radius 3 is 2.67 bits per heavy atom. The first-order valence-corrected chi connectivity index (χ1v) is 11.8. The molecule has 1 aromatic heterocycles. The van der Waals surface area contributed by atoms with Gasteiger partial charge in [0.2, 0.25) is 5.91 Å². The number of esters is 1. The van der Waals surface area contributed by atoms with Crippen molar-refractivity contribution >= 4 is 17.7 Å². The number of carbonyl (C=O) groups excluding carboxylic acids is 2. The van der Waals surface area contributed by atoms with Crippen LogP contribution in [-0.2, 0) is 22.6 Å². The summed E-state index contributed by atoms with van der Waals surface area (Å²) in [5, 5.41) is 10.9. The van der Waals surface area contributed by atoms with Crippen molar-refractivity contribution in [3.63, 3.8) is 0 Å². The second-order valence-corrected chi connectivity index (χ2v) is 9.37. The van der Waals surface area contributed by atoms with Crippen LogP contribution in [0.5, 0.6) is 0 Å². The van der Waals surface area contributed by atoms with E-state index < -0.39 is 6.10 Å². The fourth-order valence-electron chi connectivity index (χ4n) is 5.45. The van der Waals surface area contributed by atoms with E-state index in [4.69, 9.17) is 4.74 Å². The van der Waals surface area contributed by atoms with Crippen molar-refractivity contribution in [2.24, 2.45) is 5.41 Å². The Bertz CT molecular complexity index is 1090. The maximum Gasteiger partial charge on any atom is 0.338 e. The summed E-state index contributed by atoms with van der Waals surface area (Å²) in [4.78, 5) is 38.0. The van der Waals surface area contributed by atoms with E-state index in [0.29, 0.717) is 24.5 Å². The summed E-state index contributed by atoms with van der Waals surface area (Å²) in [5.74, 6) is 1.33. The third-order valence-electron chi connectivity index (χ3n) is 7.61. The van der Waals surface area contributed by atoms with E-state index in [1.165, 1.54) is 0 Å². The highest BCUT2D eigenvalue weighted by molar-refractivity contribution is 5.99. The standard InChI is InChI=1S/C25H30N4O4/c1-3-21-26-10-6-22(27-21)29-13-9-25(24(29)32)7-11-28(12-8-25)14-20(30)17-4-5-18-19(16(17)2)15-33-23(18)31/h4-6,10,20,30H,3,7-9,11-15H2,1-2H3/t20-/m0/s1. The molecule has 174 valence electrons. The Balaban J connectivity index is 1.23. The number of rotatable bonds is 5. The molecule has 0 saturated carbocycles. The third-order valence-corrected chi connectivity index (χ3v) is 7.61. The number of aliphatic hydroxyl groups is 1. The highest BCUT2D eigenvalue weighted by Gasteiger charge is 2.49. The number of benzene rings is 1. The summed E-state index contributed by atoms with van der Waals surface area (Å²) in [5.41, 5.74) is 2.91. The molecule has 1 amide bonds. The van der Waals surface area contributed by atoms with Crippen LogP contribution in [0.1, 0.15) is 65.2 Å². The van der Waals surface area contributed by atoms with Gasteiger partial charge in [-0.1, -0.05) is 13.0 Å². The van der Waals surface area contributed by atoms with Crippen LogP contribution in [0.15, 0.2) is 24.4 Å². The number of nitrogens with zero attached hydrogens (tertiary/aromatic N) is 4. The zero-order chi connectivity index (χ0) is 23.2. The van der Waals surface area contributed by atoms with Gasteiger partial charge in [0.15, 0.2) is 0 Å². The lowest BCUT2D eigenvalue weighted by molar-refractivity contribution is -0.128. The van der Waals surface area contributed by atoms with Crippen LogP contribution in [0.25, 0.3) is 0 Å². The Morgan fingerprint density at radius 1 is 1.15 bits per heavy atom. The number of aromatic nitrogens is 2. The topological polar surface area (TPSA) is 95.9 Å². The van der Waals surface area contributed by atoms with Crippen molar-refractivity contribution in [1.82, 2.24) is 14.9 Å². The number of cyclic esters (lactones) is 1. The number of piperidine rings is 1. The van der Waals surface area contributed by atoms with E-state index in [1.54, 1.807) is 12.3 Å². The summed E-state index contributed by atoms with van der Waals surface area (Å²) < 4.78 is 5.13. The number of likely N-dealkylation sites (tertiary alicyclic amines) is 1. The van der Waals surface area contributed by atoms with Crippen molar-refractivity contribution in [3.8, 4) is 0 Å². The van der Waals surface area contributed by atoms with Gasteiger partial charge in [-0.3, -0.25) is 9.69 Å². The van der Waals surface area contributed by atoms with E-state index in [2.05, 4.69) is 14.9 Å². The van der Waals surface area contributed by atoms with Crippen molar-refractivity contribution in [2.45, 2.75) is 52.2 Å². The number of carbonyl (C=O) groups is 2. The van der Waals surface area contributed by atoms with E-state index in [1.807, 2.05) is 30.9 Å². The van der Waals surface area contributed by atoms with E-state index >= 15 is 0 Å². The van der Waals surface area contributed by atoms with Gasteiger partial charge in [-0.2, -0.15) is 0 Å². The van der Waals surface area contributed by atoms with Gasteiger partial charge >= 0.3 is 5.97 Å². The maximum atomic E-state index is 13.4. The van der Waals surface area contributed by atoms with Gasteiger partial charge in [-0.25, -0.2) is 14.8 Å². The monoisotopic (exact) mass is 450 g/mol. The molecule has 0 aliphatic carbocycles. The molecule has 8 heteroatoms. The molecule has 5 rings (SSSR count). The highest BCUT2D eigenvalue weighted by atomic mass is 16.5. The van der Waals surface area contributed by atoms with Crippen molar-refractivity contribution in [2.75, 3.05) is 31.1 Å². The molecule has 2 aromatic rings. The Labute approximate surface area is 193 Å². The van der Waals surface area contributed by atoms with Gasteiger partial charge in [0, 0.05) is 31.3 Å². The van der Waals surface area contributed by atoms with Gasteiger partial charge in [0.05, 0.1) is 17.1 Å². The van der Waals surface area contributed by atoms with Gasteiger partial charge in [0.1, 0.15) is 18.2 Å². The number of hydrogen-bond donors (Lipinski definition) is 1. The molecule has 3 aliphatic rings. The quantitative estimate of drug-likeness (QED) is 0.700. The van der Waals surface area contributed by atoms with Crippen molar-refractivity contribution < 1.29 is 19.4 Å². The molecule has 0 unspecified atom stereocenters. The smallest absolute Gasteiger partial charge is 0.338 e. The maximum absolute atomic E-state index is 13.4. The first kappa shape index (κ1) is 22.0. The molecule has 8 nitrogen and oxygen atoms in total. The average Bonchev–Trinajstić information content (AvgIpc) is 3.36. The summed E-state index contributed by atoms with van der Waals surface area (Å²) >= 11 is 0. The molecule has 2 saturated heterocycles. The predicted molar refractivity (Wildman–Crippen MR) is 122 cm³/mol. The molecule has 0 radical (unpaired) electrons. The molecule has 3 aliphatic heterocycles. The van der Waals surface area contributed by atoms with Gasteiger partial charge in [0.25, 0.3) is 0 Å². The van der Waals surface area contributed by atoms with Crippen molar-refractivity contribution in [3.05, 3.63) is 52.5 Å². The number of anilines is 1. The number of aryl methyl sites for hydroxylation is 1. The zero-order valence-corrected chi connectivity index (χ0v) is 19.2. The number of fused-ring (bicyclic) bond motifs is 1. The van der Waals surface area contributed by atoms with Crippen molar-refractivity contribution in [1.29, 1.82) is 0 Å². The Hall–Kier alpha value is -2.84. The predicted octanol–water partition coefficient (Wildman–Crippen LogP) is 2.57. The lowest BCUT2D eigenvalue weighted by atomic mass is 9.77. The second-order valence-electron chi connectivity index (χ2n) is 9.37. The van der Waals surface area contributed by atoms with Crippen LogP contribution in [0.2, 0.25) is 0 Å². The Morgan fingerprint density at radius 2 is 1.91 bits per heavy atom. The lowest BCUT2D eigenvalue weighted by Gasteiger charge is -2.38. The fourth-order valence-corrected chi connectivity index (χ4v) is 5.45. The number of hydrogen-bond acceptors (Lipinski definition) is 7. The highest BCUT2D eigenvalue weighted by Crippen LogP contribution is 2.43. The number of aliphatic hydroxyl groups excluding tert-OH is 1. The minimum atomic E-state index is -0.649. The van der Waals surface area contributed by atoms with Crippen LogP contribution in [0.3, 0.4) is 0 Å². The zero-order valence-electron chi connectivity index (χ0n) is 19.2. The molecule has 1 N–H and O–H groups in total. The molecule has 1 spiro atoms. The summed E-state index contributed by atoms with van der Waals surface area (Å²) in [7, 11) is 0. The molecule has 1 atom stereocenters. The van der Waals surface area contributed by atoms with Gasteiger partial charge < -0.3 is 14.7 Å². The van der Waals surface area contributed by atoms with Gasteiger partial charge in [-0.05, 0) is 62.5 Å². The molecule has 0 bridgehead atoms. The lowest BCUT2D eigenvalue weighted by Crippen LogP contribution is -2.45. The molecule has 2 fully saturated rings. The molecule has 33 heavy (non-hydrogen) atoms. The summed E-state index contributed by atoms with van der Waals surface area (Å²) in [6.07, 6.45) is 4.23. The molecular weight excluding hydrogens is 420 g/mol. The number of amides is 1. The average molecular weight is 451 g/mol. The van der Waals surface area contributed by atoms with E-state index in [-0.39, 0.29) is 23.9 Å². The van der Waals surface area contributed by atoms with Gasteiger partial charge in [-0.15, -0.1) is 0 Å². The molecule has 1 aromatic carbocycles. The second kappa shape index (κ2) is 8.50. The largest absolute Gasteiger partial charge is 0.457 e. The third kappa shape index (κ3) is 3.81. The first-order chi connectivity index (χ1) is 15.9. The van der Waals surface area contributed by atoms with Crippen LogP contribution in [-0.4, -0.2) is 58.0 Å². The Kier molecular flexibility index (Phi) is 5.66. The first-order valence-electron chi connectivity index (χ1n) is 11.8. The summed E-state index contributed by atoms with van der Waals surface area (Å²) in [6, 6.07) is 5.41. The van der Waals surface area contributed by atoms with E-state index in [9.17, 15) is 14.7 Å². The van der Waals surface area contributed by atoms with Crippen LogP contribution in [0.4, 0.5) is 5.82 Å². The number of ether oxygens (including phenoxy) is 1. The molecule has 4 heterocycles. The fraction of sp³-hybridized carbons (Fsp3) is 0.520. The van der Waals surface area contributed by atoms with Crippen LogP contribution < -0.4 is 4.90 Å². The van der Waals surface area contributed by atoms with Crippen LogP contribution >= 0.6 is 0 Å². The minimum Gasteiger partial charge on any atom is -0.457 e. The number of β-amino-alcohol motifs (C(OH)–C–C–N with tert-alkyl or cyclic N) is 1. The summed E-state index contributed by atoms with van der Waals surface area (Å²) in [6.45, 7) is 6.96. The van der Waals surface area contributed by atoms with E-state index in [0.717, 1.165) is 61.3 Å². The minimum absolute atomic E-state index is 0.169. The normalized spacial score (nSPS) is 20.9. The SMILES string of the molecule is CCc1nccc(N2CCC3(CCN(C[C@H](O)c4ccc5c(c4C)COC5=O)CC3)C2=O)n1. The van der Waals surface area contributed by atoms with Crippen LogP contribution in [0, 0.1) is 12.3 Å². The molecular formula is C25H30N4O4.